The lowest BCUT2D eigenvalue weighted by Gasteiger charge is -2.56. The first kappa shape index (κ1) is 23.4. The van der Waals surface area contributed by atoms with Crippen LogP contribution in [0.1, 0.15) is 29.5 Å². The molecule has 5 aromatic rings. The van der Waals surface area contributed by atoms with Crippen LogP contribution in [-0.2, 0) is 11.3 Å². The van der Waals surface area contributed by atoms with Gasteiger partial charge in [0, 0.05) is 55.2 Å². The minimum Gasteiger partial charge on any atom is -0.377 e. The van der Waals surface area contributed by atoms with E-state index >= 15 is 0 Å². The van der Waals surface area contributed by atoms with Gasteiger partial charge in [0.15, 0.2) is 0 Å². The Morgan fingerprint density at radius 2 is 2.00 bits per heavy atom. The monoisotopic (exact) mass is 528 g/mol. The molecule has 0 radical (unpaired) electrons. The zero-order valence-corrected chi connectivity index (χ0v) is 22.0. The predicted octanol–water partition coefficient (Wildman–Crippen LogP) is 4.41. The van der Waals surface area contributed by atoms with Crippen molar-refractivity contribution in [2.24, 2.45) is 0 Å². The molecule has 0 saturated carbocycles. The van der Waals surface area contributed by atoms with Crippen LogP contribution in [0.5, 0.6) is 0 Å². The topological polar surface area (TPSA) is 98.4 Å². The number of nitrogens with one attached hydrogen (secondary N) is 1. The van der Waals surface area contributed by atoms with Crippen LogP contribution in [0.4, 0.5) is 5.82 Å². The van der Waals surface area contributed by atoms with Crippen molar-refractivity contribution in [1.29, 1.82) is 5.26 Å². The van der Waals surface area contributed by atoms with Gasteiger partial charge in [0.25, 0.3) is 0 Å². The SMILES string of the molecule is N#Cc1cnn2cc(C3=CCOCC3)cc(-c3cnc(N4CC5C[C@@H](C4)N5Cc4ccc5[nH]ccc5c4)cn3)c12. The van der Waals surface area contributed by atoms with Crippen molar-refractivity contribution in [3.63, 3.8) is 0 Å². The molecular formula is C31H28N8O. The summed E-state index contributed by atoms with van der Waals surface area (Å²) in [6.07, 6.45) is 13.5. The molecule has 0 spiro atoms. The number of pyridine rings is 1. The first-order chi connectivity index (χ1) is 19.7. The van der Waals surface area contributed by atoms with E-state index in [1.165, 1.54) is 28.5 Å². The van der Waals surface area contributed by atoms with E-state index < -0.39 is 0 Å². The number of piperidine rings is 1. The molecule has 4 aliphatic rings. The van der Waals surface area contributed by atoms with Crippen LogP contribution in [0.2, 0.25) is 0 Å². The molecular weight excluding hydrogens is 500 g/mol. The van der Waals surface area contributed by atoms with E-state index in [9.17, 15) is 5.26 Å². The van der Waals surface area contributed by atoms with Gasteiger partial charge in [-0.3, -0.25) is 9.88 Å². The van der Waals surface area contributed by atoms with E-state index in [0.29, 0.717) is 30.9 Å². The standard InChI is InChI=1S/C31H28N8O/c32-12-24-13-36-39-17-23(21-4-7-40-8-5-21)10-27(31(24)39)29-14-35-30(15-34-29)37-18-25-11-26(19-37)38(25)16-20-1-2-28-22(9-20)3-6-33-28/h1-4,6,9-10,13-15,17,25-26,33H,5,7-8,11,16,18-19H2/t25-,26?/m0/s1. The lowest BCUT2D eigenvalue weighted by atomic mass is 9.86. The lowest BCUT2D eigenvalue weighted by molar-refractivity contribution is -0.00867. The van der Waals surface area contributed by atoms with Gasteiger partial charge in [-0.05, 0) is 59.2 Å². The molecule has 4 aliphatic heterocycles. The smallest absolute Gasteiger partial charge is 0.147 e. The van der Waals surface area contributed by atoms with E-state index in [1.807, 2.05) is 24.8 Å². The van der Waals surface area contributed by atoms with Crippen LogP contribution in [0.25, 0.3) is 33.3 Å². The molecule has 40 heavy (non-hydrogen) atoms. The number of nitrogens with zero attached hydrogens (tertiary/aromatic N) is 7. The van der Waals surface area contributed by atoms with Gasteiger partial charge in [-0.25, -0.2) is 9.50 Å². The fourth-order valence-corrected chi connectivity index (χ4v) is 6.53. The number of aromatic nitrogens is 5. The molecule has 0 aliphatic carbocycles. The highest BCUT2D eigenvalue weighted by Crippen LogP contribution is 2.36. The normalized spacial score (nSPS) is 20.9. The Bertz CT molecular complexity index is 1800. The summed E-state index contributed by atoms with van der Waals surface area (Å²) in [4.78, 5) is 18.0. The van der Waals surface area contributed by atoms with E-state index in [0.717, 1.165) is 54.2 Å². The highest BCUT2D eigenvalue weighted by atomic mass is 16.5. The molecule has 2 bridgehead atoms. The fraction of sp³-hybridized carbons (Fsp3) is 0.290. The van der Waals surface area contributed by atoms with E-state index in [-0.39, 0.29) is 0 Å². The third kappa shape index (κ3) is 3.87. The maximum absolute atomic E-state index is 9.73. The van der Waals surface area contributed by atoms with Crippen molar-refractivity contribution < 1.29 is 4.74 Å². The van der Waals surface area contributed by atoms with Crippen molar-refractivity contribution in [2.45, 2.75) is 31.5 Å². The van der Waals surface area contributed by atoms with E-state index in [4.69, 9.17) is 14.7 Å². The number of aromatic amines is 1. The highest BCUT2D eigenvalue weighted by Gasteiger charge is 2.44. The van der Waals surface area contributed by atoms with Gasteiger partial charge in [0.1, 0.15) is 11.9 Å². The number of piperazine rings is 1. The fourth-order valence-electron chi connectivity index (χ4n) is 6.53. The molecule has 9 rings (SSSR count). The molecule has 9 heteroatoms. The van der Waals surface area contributed by atoms with Crippen LogP contribution in [0.15, 0.2) is 67.4 Å². The Labute approximate surface area is 231 Å². The van der Waals surface area contributed by atoms with Gasteiger partial charge in [-0.2, -0.15) is 10.4 Å². The first-order valence-corrected chi connectivity index (χ1v) is 13.8. The van der Waals surface area contributed by atoms with Gasteiger partial charge >= 0.3 is 0 Å². The molecule has 1 N–H and O–H groups in total. The van der Waals surface area contributed by atoms with Gasteiger partial charge < -0.3 is 14.6 Å². The Hall–Kier alpha value is -4.52. The Morgan fingerprint density at radius 1 is 1.07 bits per heavy atom. The number of anilines is 1. The van der Waals surface area contributed by atoms with Crippen LogP contribution in [0.3, 0.4) is 0 Å². The zero-order chi connectivity index (χ0) is 26.6. The number of ether oxygens (including phenoxy) is 1. The van der Waals surface area contributed by atoms with Crippen molar-refractivity contribution in [3.8, 4) is 17.3 Å². The summed E-state index contributed by atoms with van der Waals surface area (Å²) in [5.41, 5.74) is 7.73. The number of rotatable bonds is 5. The summed E-state index contributed by atoms with van der Waals surface area (Å²) in [7, 11) is 0. The maximum atomic E-state index is 9.73. The number of H-pyrrole nitrogens is 1. The third-order valence-corrected chi connectivity index (χ3v) is 8.63. The van der Waals surface area contributed by atoms with Gasteiger partial charge in [0.2, 0.25) is 0 Å². The summed E-state index contributed by atoms with van der Waals surface area (Å²) in [5, 5.41) is 15.5. The number of benzene rings is 1. The molecule has 1 aromatic carbocycles. The first-order valence-electron chi connectivity index (χ1n) is 13.8. The number of fused-ring (bicyclic) bond motifs is 4. The minimum absolute atomic E-state index is 0.524. The maximum Gasteiger partial charge on any atom is 0.147 e. The van der Waals surface area contributed by atoms with Gasteiger partial charge in [-0.15, -0.1) is 0 Å². The number of nitriles is 1. The van der Waals surface area contributed by atoms with Crippen LogP contribution in [0, 0.1) is 11.3 Å². The van der Waals surface area contributed by atoms with Crippen molar-refractivity contribution in [2.75, 3.05) is 31.2 Å². The van der Waals surface area contributed by atoms with E-state index in [2.05, 4.69) is 62.4 Å². The van der Waals surface area contributed by atoms with Gasteiger partial charge in [-0.1, -0.05) is 12.1 Å². The average molecular weight is 529 g/mol. The molecule has 3 saturated heterocycles. The molecule has 4 aromatic heterocycles. The number of hydrogen-bond donors (Lipinski definition) is 1. The Kier molecular flexibility index (Phi) is 5.43. The molecule has 1 unspecified atom stereocenters. The summed E-state index contributed by atoms with van der Waals surface area (Å²) >= 11 is 0. The second kappa shape index (κ2) is 9.30. The van der Waals surface area contributed by atoms with E-state index in [1.54, 1.807) is 10.7 Å². The quantitative estimate of drug-likeness (QED) is 0.361. The van der Waals surface area contributed by atoms with Crippen LogP contribution >= 0.6 is 0 Å². The highest BCUT2D eigenvalue weighted by molar-refractivity contribution is 5.85. The molecule has 0 amide bonds. The zero-order valence-electron chi connectivity index (χ0n) is 22.0. The number of hydrogen-bond acceptors (Lipinski definition) is 7. The third-order valence-electron chi connectivity index (χ3n) is 8.63. The molecule has 3 fully saturated rings. The van der Waals surface area contributed by atoms with Crippen molar-refractivity contribution in [3.05, 3.63) is 84.1 Å². The summed E-state index contributed by atoms with van der Waals surface area (Å²) < 4.78 is 7.29. The summed E-state index contributed by atoms with van der Waals surface area (Å²) in [6.45, 7) is 4.20. The average Bonchev–Trinajstić information content (AvgIpc) is 3.66. The van der Waals surface area contributed by atoms with Crippen molar-refractivity contribution >= 4 is 27.8 Å². The summed E-state index contributed by atoms with van der Waals surface area (Å²) in [6, 6.07) is 14.3. The molecule has 8 heterocycles. The Morgan fingerprint density at radius 3 is 2.80 bits per heavy atom. The van der Waals surface area contributed by atoms with Gasteiger partial charge in [0.05, 0.1) is 48.6 Å². The second-order valence-electron chi connectivity index (χ2n) is 10.9. The summed E-state index contributed by atoms with van der Waals surface area (Å²) in [5.74, 6) is 0.903. The lowest BCUT2D eigenvalue weighted by Crippen LogP contribution is -2.68. The molecule has 198 valence electrons. The predicted molar refractivity (Wildman–Crippen MR) is 153 cm³/mol. The largest absolute Gasteiger partial charge is 0.377 e. The van der Waals surface area contributed by atoms with Crippen molar-refractivity contribution in [1.82, 2.24) is 29.5 Å². The minimum atomic E-state index is 0.524. The molecule has 9 nitrogen and oxygen atoms in total. The molecule has 2 atom stereocenters. The second-order valence-corrected chi connectivity index (χ2v) is 10.9. The van der Waals surface area contributed by atoms with Crippen LogP contribution in [-0.4, -0.2) is 67.9 Å². The Balaban J connectivity index is 1.03. The van der Waals surface area contributed by atoms with Crippen LogP contribution < -0.4 is 4.90 Å².